The smallest absolute Gasteiger partial charge is 0.274 e. The van der Waals surface area contributed by atoms with Gasteiger partial charge in [0.05, 0.1) is 24.0 Å². The number of aromatic nitrogens is 4. The number of nitrogens with two attached hydrogens (primary N) is 1. The highest BCUT2D eigenvalue weighted by Crippen LogP contribution is 2.32. The average molecular weight is 580 g/mol. The minimum absolute atomic E-state index is 0.0116. The second-order valence-corrected chi connectivity index (χ2v) is 10.5. The summed E-state index contributed by atoms with van der Waals surface area (Å²) in [4.78, 5) is 32.8. The van der Waals surface area contributed by atoms with E-state index >= 15 is 0 Å². The third-order valence-electron chi connectivity index (χ3n) is 6.54. The summed E-state index contributed by atoms with van der Waals surface area (Å²) in [6, 6.07) is 22.7. The number of halogens is 2. The van der Waals surface area contributed by atoms with E-state index in [4.69, 9.17) is 5.73 Å². The Morgan fingerprint density at radius 1 is 0.857 bits per heavy atom. The minimum Gasteiger partial charge on any atom is -0.383 e. The van der Waals surface area contributed by atoms with Crippen LogP contribution in [0.2, 0.25) is 0 Å². The number of hydrogen-bond acceptors (Lipinski definition) is 8. The van der Waals surface area contributed by atoms with E-state index in [2.05, 4.69) is 30.6 Å². The second-order valence-electron chi connectivity index (χ2n) is 9.36. The normalized spacial score (nSPS) is 11.0. The molecule has 0 saturated carbocycles. The Kier molecular flexibility index (Phi) is 7.48. The molecule has 3 aromatic heterocycles. The maximum atomic E-state index is 13.7. The van der Waals surface area contributed by atoms with Crippen LogP contribution in [0.1, 0.15) is 20.9 Å². The number of carbonyl (C=O) groups is 1. The Balaban J connectivity index is 1.23. The Bertz CT molecular complexity index is 1910. The summed E-state index contributed by atoms with van der Waals surface area (Å²) < 4.78 is 27.0. The molecule has 3 heterocycles. The van der Waals surface area contributed by atoms with Gasteiger partial charge in [0.15, 0.2) is 23.1 Å². The van der Waals surface area contributed by atoms with Crippen molar-refractivity contribution in [1.29, 1.82) is 0 Å². The van der Waals surface area contributed by atoms with Gasteiger partial charge < -0.3 is 16.4 Å². The van der Waals surface area contributed by atoms with Crippen molar-refractivity contribution in [3.63, 3.8) is 0 Å². The standard InChI is InChI=1S/C31H23F2N7OS/c32-23-9-6-18(12-24(23)33)14-37-31(41)28-30(36-16-26(40-28)19-4-2-1-3-5-19)35-15-21-8-11-27(42-21)20-7-10-25-22(13-20)29(34)39-17-38-25/h1-13,16-17H,14-15H2,(H,35,36)(H,37,41)(H2,34,38,39). The fraction of sp³-hybridized carbons (Fsp3) is 0.0645. The van der Waals surface area contributed by atoms with Gasteiger partial charge in [-0.2, -0.15) is 0 Å². The van der Waals surface area contributed by atoms with Gasteiger partial charge in [-0.3, -0.25) is 4.79 Å². The van der Waals surface area contributed by atoms with Crippen LogP contribution in [0.5, 0.6) is 0 Å². The van der Waals surface area contributed by atoms with E-state index in [9.17, 15) is 13.6 Å². The van der Waals surface area contributed by atoms with Crippen LogP contribution in [0.15, 0.2) is 91.4 Å². The quantitative estimate of drug-likeness (QED) is 0.196. The van der Waals surface area contributed by atoms with Gasteiger partial charge in [0.2, 0.25) is 0 Å². The van der Waals surface area contributed by atoms with E-state index in [1.165, 1.54) is 12.4 Å². The number of hydrogen-bond donors (Lipinski definition) is 3. The number of amides is 1. The maximum absolute atomic E-state index is 13.7. The summed E-state index contributed by atoms with van der Waals surface area (Å²) in [6.07, 6.45) is 3.05. The van der Waals surface area contributed by atoms with Crippen molar-refractivity contribution in [1.82, 2.24) is 25.3 Å². The lowest BCUT2D eigenvalue weighted by Crippen LogP contribution is -2.26. The summed E-state index contributed by atoms with van der Waals surface area (Å²) in [6.45, 7) is 0.384. The van der Waals surface area contributed by atoms with Gasteiger partial charge in [0, 0.05) is 27.2 Å². The van der Waals surface area contributed by atoms with Crippen molar-refractivity contribution in [2.45, 2.75) is 13.1 Å². The lowest BCUT2D eigenvalue weighted by molar-refractivity contribution is 0.0946. The highest BCUT2D eigenvalue weighted by atomic mass is 32.1. The molecule has 8 nitrogen and oxygen atoms in total. The van der Waals surface area contributed by atoms with Crippen molar-refractivity contribution in [3.8, 4) is 21.7 Å². The van der Waals surface area contributed by atoms with Crippen LogP contribution in [0.25, 0.3) is 32.6 Å². The molecule has 0 atom stereocenters. The molecule has 3 aromatic carbocycles. The molecule has 0 fully saturated rings. The van der Waals surface area contributed by atoms with Crippen LogP contribution in [-0.4, -0.2) is 25.8 Å². The molecule has 0 aliphatic rings. The van der Waals surface area contributed by atoms with Gasteiger partial charge in [-0.1, -0.05) is 42.5 Å². The molecule has 1 amide bonds. The SMILES string of the molecule is Nc1ncnc2ccc(-c3ccc(CNc4ncc(-c5ccccc5)nc4C(=O)NCc4ccc(F)c(F)c4)s3)cc12. The van der Waals surface area contributed by atoms with Crippen molar-refractivity contribution in [2.75, 3.05) is 11.1 Å². The monoisotopic (exact) mass is 579 g/mol. The molecule has 0 bridgehead atoms. The summed E-state index contributed by atoms with van der Waals surface area (Å²) in [5.74, 6) is -1.72. The molecule has 0 saturated heterocycles. The number of anilines is 2. The minimum atomic E-state index is -0.981. The van der Waals surface area contributed by atoms with Crippen LogP contribution >= 0.6 is 11.3 Å². The van der Waals surface area contributed by atoms with Crippen LogP contribution in [0.4, 0.5) is 20.4 Å². The largest absolute Gasteiger partial charge is 0.383 e. The number of nitrogens with zero attached hydrogens (tertiary/aromatic N) is 4. The molecule has 0 radical (unpaired) electrons. The predicted octanol–water partition coefficient (Wildman–Crippen LogP) is 6.22. The number of rotatable bonds is 8. The fourth-order valence-electron chi connectivity index (χ4n) is 4.37. The number of nitrogen functional groups attached to an aromatic ring is 1. The van der Waals surface area contributed by atoms with Gasteiger partial charge in [0.1, 0.15) is 12.1 Å². The molecule has 0 aliphatic carbocycles. The topological polar surface area (TPSA) is 119 Å². The van der Waals surface area contributed by atoms with Crippen molar-refractivity contribution >= 4 is 39.8 Å². The third kappa shape index (κ3) is 5.77. The van der Waals surface area contributed by atoms with E-state index in [1.54, 1.807) is 17.5 Å². The lowest BCUT2D eigenvalue weighted by Gasteiger charge is -2.12. The number of thiophene rings is 1. The summed E-state index contributed by atoms with van der Waals surface area (Å²) in [7, 11) is 0. The Hall–Kier alpha value is -5.29. The number of benzene rings is 3. The number of nitrogens with one attached hydrogen (secondary N) is 2. The third-order valence-corrected chi connectivity index (χ3v) is 7.67. The first-order valence-corrected chi connectivity index (χ1v) is 13.7. The van der Waals surface area contributed by atoms with Crippen molar-refractivity contribution in [3.05, 3.63) is 119 Å². The Morgan fingerprint density at radius 3 is 2.55 bits per heavy atom. The summed E-state index contributed by atoms with van der Waals surface area (Å²) in [5, 5.41) is 6.76. The fourth-order valence-corrected chi connectivity index (χ4v) is 5.31. The number of carbonyl (C=O) groups excluding carboxylic acids is 1. The van der Waals surface area contributed by atoms with Crippen LogP contribution in [0, 0.1) is 11.6 Å². The van der Waals surface area contributed by atoms with E-state index in [-0.39, 0.29) is 12.2 Å². The Labute approximate surface area is 243 Å². The van der Waals surface area contributed by atoms with Gasteiger partial charge >= 0.3 is 0 Å². The molecule has 4 N–H and O–H groups in total. The molecule has 6 rings (SSSR count). The van der Waals surface area contributed by atoms with Crippen LogP contribution in [0.3, 0.4) is 0 Å². The molecule has 6 aromatic rings. The molecule has 208 valence electrons. The van der Waals surface area contributed by atoms with E-state index in [0.717, 1.165) is 43.9 Å². The highest BCUT2D eigenvalue weighted by molar-refractivity contribution is 7.15. The molecule has 0 spiro atoms. The molecule has 11 heteroatoms. The Morgan fingerprint density at radius 2 is 1.71 bits per heavy atom. The van der Waals surface area contributed by atoms with Gasteiger partial charge in [-0.15, -0.1) is 11.3 Å². The highest BCUT2D eigenvalue weighted by Gasteiger charge is 2.18. The van der Waals surface area contributed by atoms with E-state index < -0.39 is 17.5 Å². The maximum Gasteiger partial charge on any atom is 0.274 e. The zero-order chi connectivity index (χ0) is 29.1. The van der Waals surface area contributed by atoms with E-state index in [0.29, 0.717) is 29.4 Å². The van der Waals surface area contributed by atoms with E-state index in [1.807, 2.05) is 60.7 Å². The predicted molar refractivity (Wildman–Crippen MR) is 160 cm³/mol. The molecular weight excluding hydrogens is 556 g/mol. The molecule has 42 heavy (non-hydrogen) atoms. The first-order valence-electron chi connectivity index (χ1n) is 12.9. The average Bonchev–Trinajstić information content (AvgIpc) is 3.50. The summed E-state index contributed by atoms with van der Waals surface area (Å²) in [5.41, 5.74) is 9.63. The number of fused-ring (bicyclic) bond motifs is 1. The van der Waals surface area contributed by atoms with Gasteiger partial charge in [0.25, 0.3) is 5.91 Å². The van der Waals surface area contributed by atoms with Crippen LogP contribution < -0.4 is 16.4 Å². The molecule has 0 unspecified atom stereocenters. The zero-order valence-electron chi connectivity index (χ0n) is 22.0. The zero-order valence-corrected chi connectivity index (χ0v) is 22.8. The second kappa shape index (κ2) is 11.7. The van der Waals surface area contributed by atoms with Gasteiger partial charge in [-0.25, -0.2) is 28.7 Å². The molecular formula is C31H23F2N7OS. The van der Waals surface area contributed by atoms with Crippen LogP contribution in [-0.2, 0) is 13.1 Å². The lowest BCUT2D eigenvalue weighted by atomic mass is 10.1. The van der Waals surface area contributed by atoms with Crippen molar-refractivity contribution in [2.24, 2.45) is 0 Å². The molecule has 0 aliphatic heterocycles. The summed E-state index contributed by atoms with van der Waals surface area (Å²) >= 11 is 1.58. The first kappa shape index (κ1) is 26.9. The van der Waals surface area contributed by atoms with Crippen molar-refractivity contribution < 1.29 is 13.6 Å². The van der Waals surface area contributed by atoms with Gasteiger partial charge in [-0.05, 0) is 47.5 Å². The first-order chi connectivity index (χ1) is 20.4.